The lowest BCUT2D eigenvalue weighted by Gasteiger charge is -2.19. The summed E-state index contributed by atoms with van der Waals surface area (Å²) < 4.78 is 8.94. The van der Waals surface area contributed by atoms with Crippen LogP contribution in [0.5, 0.6) is 0 Å². The number of rotatable bonds is 4. The van der Waals surface area contributed by atoms with Gasteiger partial charge in [0.2, 0.25) is 5.95 Å². The van der Waals surface area contributed by atoms with Crippen molar-refractivity contribution in [3.63, 3.8) is 0 Å². The molecule has 0 fully saturated rings. The fourth-order valence-electron chi connectivity index (χ4n) is 3.89. The SMILES string of the molecule is CCOC(=O)Cn1c(=O)c2c(nc3n2CCN3c2ccc(C)cc2C)n(C)c1=O. The van der Waals surface area contributed by atoms with Crippen molar-refractivity contribution < 1.29 is 9.53 Å². The van der Waals surface area contributed by atoms with Crippen molar-refractivity contribution >= 4 is 28.8 Å². The fraction of sp³-hybridized carbons (Fsp3) is 0.400. The number of fused-ring (bicyclic) bond motifs is 3. The summed E-state index contributed by atoms with van der Waals surface area (Å²) in [6, 6.07) is 6.18. The number of esters is 1. The van der Waals surface area contributed by atoms with E-state index in [1.54, 1.807) is 14.0 Å². The first-order chi connectivity index (χ1) is 13.8. The first kappa shape index (κ1) is 19.0. The quantitative estimate of drug-likeness (QED) is 0.615. The lowest BCUT2D eigenvalue weighted by atomic mass is 10.1. The van der Waals surface area contributed by atoms with Gasteiger partial charge in [-0.15, -0.1) is 0 Å². The second-order valence-electron chi connectivity index (χ2n) is 7.22. The number of ether oxygens (including phenoxy) is 1. The van der Waals surface area contributed by atoms with Crippen LogP contribution in [0.1, 0.15) is 18.1 Å². The molecule has 0 saturated carbocycles. The number of imidazole rings is 1. The second kappa shape index (κ2) is 6.91. The van der Waals surface area contributed by atoms with E-state index < -0.39 is 23.8 Å². The molecular weight excluding hydrogens is 374 g/mol. The summed E-state index contributed by atoms with van der Waals surface area (Å²) in [6.45, 7) is 6.75. The van der Waals surface area contributed by atoms with E-state index >= 15 is 0 Å². The maximum Gasteiger partial charge on any atom is 0.333 e. The van der Waals surface area contributed by atoms with Crippen LogP contribution < -0.4 is 16.1 Å². The van der Waals surface area contributed by atoms with Gasteiger partial charge >= 0.3 is 11.7 Å². The molecule has 0 bridgehead atoms. The number of hydrogen-bond acceptors (Lipinski definition) is 6. The molecule has 0 N–H and O–H groups in total. The molecule has 1 aliphatic heterocycles. The lowest BCUT2D eigenvalue weighted by Crippen LogP contribution is -2.41. The van der Waals surface area contributed by atoms with Gasteiger partial charge in [0, 0.05) is 25.8 Å². The van der Waals surface area contributed by atoms with Crippen LogP contribution in [0.15, 0.2) is 27.8 Å². The van der Waals surface area contributed by atoms with Gasteiger partial charge in [0.25, 0.3) is 5.56 Å². The number of carbonyl (C=O) groups excluding carboxylic acids is 1. The van der Waals surface area contributed by atoms with Gasteiger partial charge in [-0.1, -0.05) is 17.7 Å². The largest absolute Gasteiger partial charge is 0.465 e. The molecule has 152 valence electrons. The molecule has 4 rings (SSSR count). The minimum Gasteiger partial charge on any atom is -0.465 e. The predicted octanol–water partition coefficient (Wildman–Crippen LogP) is 1.23. The van der Waals surface area contributed by atoms with E-state index in [1.165, 1.54) is 10.1 Å². The van der Waals surface area contributed by atoms with Gasteiger partial charge < -0.3 is 14.2 Å². The fourth-order valence-corrected chi connectivity index (χ4v) is 3.89. The number of benzene rings is 1. The maximum atomic E-state index is 13.1. The minimum absolute atomic E-state index is 0.184. The van der Waals surface area contributed by atoms with Gasteiger partial charge in [-0.3, -0.25) is 14.2 Å². The van der Waals surface area contributed by atoms with Crippen LogP contribution in [0.25, 0.3) is 11.2 Å². The van der Waals surface area contributed by atoms with Crippen molar-refractivity contribution in [2.24, 2.45) is 7.05 Å². The van der Waals surface area contributed by atoms with Crippen molar-refractivity contribution in [3.05, 3.63) is 50.2 Å². The van der Waals surface area contributed by atoms with Crippen molar-refractivity contribution in [2.75, 3.05) is 18.1 Å². The highest BCUT2D eigenvalue weighted by Gasteiger charge is 2.29. The van der Waals surface area contributed by atoms with Gasteiger partial charge in [-0.05, 0) is 32.4 Å². The molecular formula is C20H23N5O4. The average molecular weight is 397 g/mol. The molecule has 0 unspecified atom stereocenters. The Hall–Kier alpha value is -3.36. The summed E-state index contributed by atoms with van der Waals surface area (Å²) in [6.07, 6.45) is 0. The maximum absolute atomic E-state index is 13.1. The Morgan fingerprint density at radius 2 is 1.97 bits per heavy atom. The molecule has 0 saturated heterocycles. The predicted molar refractivity (Wildman–Crippen MR) is 109 cm³/mol. The summed E-state index contributed by atoms with van der Waals surface area (Å²) in [7, 11) is 1.55. The average Bonchev–Trinajstić information content (AvgIpc) is 3.23. The summed E-state index contributed by atoms with van der Waals surface area (Å²) in [4.78, 5) is 44.3. The van der Waals surface area contributed by atoms with E-state index in [1.807, 2.05) is 35.4 Å². The van der Waals surface area contributed by atoms with Crippen LogP contribution in [0.3, 0.4) is 0 Å². The molecule has 3 aromatic rings. The molecule has 0 aliphatic carbocycles. The molecule has 0 atom stereocenters. The van der Waals surface area contributed by atoms with E-state index in [0.717, 1.165) is 15.8 Å². The van der Waals surface area contributed by atoms with Crippen molar-refractivity contribution in [3.8, 4) is 0 Å². The molecule has 2 aromatic heterocycles. The third-order valence-electron chi connectivity index (χ3n) is 5.24. The normalized spacial score (nSPS) is 13.2. The van der Waals surface area contributed by atoms with E-state index in [0.29, 0.717) is 30.2 Å². The van der Waals surface area contributed by atoms with Crippen molar-refractivity contribution in [1.29, 1.82) is 0 Å². The summed E-state index contributed by atoms with van der Waals surface area (Å²) in [5.74, 6) is -0.00273. The topological polar surface area (TPSA) is 91.4 Å². The van der Waals surface area contributed by atoms with E-state index in [-0.39, 0.29) is 6.61 Å². The highest BCUT2D eigenvalue weighted by atomic mass is 16.5. The van der Waals surface area contributed by atoms with E-state index in [9.17, 15) is 14.4 Å². The minimum atomic E-state index is -0.621. The molecule has 9 heteroatoms. The Morgan fingerprint density at radius 1 is 1.21 bits per heavy atom. The number of nitrogens with zero attached hydrogens (tertiary/aromatic N) is 5. The number of anilines is 2. The van der Waals surface area contributed by atoms with Gasteiger partial charge in [-0.25, -0.2) is 9.36 Å². The van der Waals surface area contributed by atoms with Crippen LogP contribution >= 0.6 is 0 Å². The second-order valence-corrected chi connectivity index (χ2v) is 7.22. The molecule has 0 spiro atoms. The van der Waals surface area contributed by atoms with Crippen LogP contribution in [0, 0.1) is 13.8 Å². The Balaban J connectivity index is 1.89. The number of aromatic nitrogens is 4. The van der Waals surface area contributed by atoms with Crippen LogP contribution in [0.4, 0.5) is 11.6 Å². The van der Waals surface area contributed by atoms with Gasteiger partial charge in [0.05, 0.1) is 6.61 Å². The molecule has 0 radical (unpaired) electrons. The monoisotopic (exact) mass is 397 g/mol. The Bertz CT molecular complexity index is 1250. The smallest absolute Gasteiger partial charge is 0.333 e. The van der Waals surface area contributed by atoms with Gasteiger partial charge in [0.15, 0.2) is 11.2 Å². The molecule has 1 aromatic carbocycles. The Labute approximate surface area is 166 Å². The summed E-state index contributed by atoms with van der Waals surface area (Å²) in [5, 5.41) is 0. The van der Waals surface area contributed by atoms with Crippen molar-refractivity contribution in [2.45, 2.75) is 33.9 Å². The molecule has 9 nitrogen and oxygen atoms in total. The van der Waals surface area contributed by atoms with Gasteiger partial charge in [0.1, 0.15) is 6.54 Å². The molecule has 1 aliphatic rings. The highest BCUT2D eigenvalue weighted by molar-refractivity contribution is 5.79. The molecule has 0 amide bonds. The molecule has 29 heavy (non-hydrogen) atoms. The first-order valence-corrected chi connectivity index (χ1v) is 9.54. The zero-order chi connectivity index (χ0) is 20.9. The van der Waals surface area contributed by atoms with Crippen LogP contribution in [-0.2, 0) is 29.7 Å². The zero-order valence-corrected chi connectivity index (χ0v) is 16.9. The third kappa shape index (κ3) is 2.93. The number of carbonyl (C=O) groups is 1. The third-order valence-corrected chi connectivity index (χ3v) is 5.24. The van der Waals surface area contributed by atoms with Crippen LogP contribution in [-0.4, -0.2) is 37.8 Å². The van der Waals surface area contributed by atoms with Crippen LogP contribution in [0.2, 0.25) is 0 Å². The Kier molecular flexibility index (Phi) is 4.52. The summed E-state index contributed by atoms with van der Waals surface area (Å²) >= 11 is 0. The van der Waals surface area contributed by atoms with Gasteiger partial charge in [-0.2, -0.15) is 4.98 Å². The van der Waals surface area contributed by atoms with Crippen molar-refractivity contribution in [1.82, 2.24) is 18.7 Å². The number of aryl methyl sites for hydroxylation is 3. The molecule has 3 heterocycles. The van der Waals surface area contributed by atoms with E-state index in [4.69, 9.17) is 4.74 Å². The standard InChI is InChI=1S/C20H23N5O4/c1-5-29-15(26)11-25-18(27)16-17(22(4)20(25)28)21-19-23(8-9-24(16)19)14-7-6-12(2)10-13(14)3/h6-7,10H,5,8-9,11H2,1-4H3. The zero-order valence-electron chi connectivity index (χ0n) is 16.9. The Morgan fingerprint density at radius 3 is 2.66 bits per heavy atom. The first-order valence-electron chi connectivity index (χ1n) is 9.54. The number of hydrogen-bond donors (Lipinski definition) is 0. The van der Waals surface area contributed by atoms with E-state index in [2.05, 4.69) is 11.1 Å². The highest BCUT2D eigenvalue weighted by Crippen LogP contribution is 2.33. The summed E-state index contributed by atoms with van der Waals surface area (Å²) in [5.41, 5.74) is 2.80. The lowest BCUT2D eigenvalue weighted by molar-refractivity contribution is -0.143.